The van der Waals surface area contributed by atoms with Crippen LogP contribution in [0.15, 0.2) is 27.5 Å². The Balaban J connectivity index is 2.14. The highest BCUT2D eigenvalue weighted by Gasteiger charge is 2.29. The molecule has 0 amide bonds. The minimum absolute atomic E-state index is 0.169. The van der Waals surface area contributed by atoms with Gasteiger partial charge in [-0.1, -0.05) is 23.2 Å². The molecule has 1 aliphatic rings. The number of aromatic amines is 1. The van der Waals surface area contributed by atoms with E-state index >= 15 is 0 Å². The maximum atomic E-state index is 11.9. The van der Waals surface area contributed by atoms with Crippen LogP contribution in [0, 0.1) is 0 Å². The normalized spacial score (nSPS) is 14.7. The van der Waals surface area contributed by atoms with Crippen LogP contribution in [0.4, 0.5) is 0 Å². The molecule has 1 heterocycles. The third-order valence-corrected chi connectivity index (χ3v) is 4.55. The first-order chi connectivity index (χ1) is 9.06. The van der Waals surface area contributed by atoms with Gasteiger partial charge in [0.2, 0.25) is 0 Å². The van der Waals surface area contributed by atoms with E-state index in [1.165, 1.54) is 0 Å². The molecule has 6 heteroatoms. The van der Waals surface area contributed by atoms with Crippen molar-refractivity contribution in [3.8, 4) is 11.4 Å². The number of halogens is 3. The second-order valence-electron chi connectivity index (χ2n) is 4.52. The lowest BCUT2D eigenvalue weighted by Crippen LogP contribution is -2.13. The van der Waals surface area contributed by atoms with Gasteiger partial charge in [0.25, 0.3) is 5.56 Å². The molecule has 0 spiro atoms. The molecule has 3 nitrogen and oxygen atoms in total. The fourth-order valence-corrected chi connectivity index (χ4v) is 2.69. The van der Waals surface area contributed by atoms with Crippen LogP contribution >= 0.6 is 39.1 Å². The minimum atomic E-state index is -0.169. The summed E-state index contributed by atoms with van der Waals surface area (Å²) in [5.74, 6) is 0.909. The molecule has 0 aliphatic heterocycles. The molecule has 2 aromatic rings. The van der Waals surface area contributed by atoms with Crippen molar-refractivity contribution >= 4 is 39.1 Å². The molecule has 1 aromatic carbocycles. The monoisotopic (exact) mass is 358 g/mol. The molecule has 0 radical (unpaired) electrons. The van der Waals surface area contributed by atoms with Gasteiger partial charge in [0.15, 0.2) is 0 Å². The quantitative estimate of drug-likeness (QED) is 0.864. The Morgan fingerprint density at radius 1 is 1.26 bits per heavy atom. The fourth-order valence-electron chi connectivity index (χ4n) is 1.88. The maximum absolute atomic E-state index is 11.9. The molecule has 1 aliphatic carbocycles. The van der Waals surface area contributed by atoms with Crippen molar-refractivity contribution in [3.63, 3.8) is 0 Å². The lowest BCUT2D eigenvalue weighted by Gasteiger charge is -2.06. The van der Waals surface area contributed by atoms with Gasteiger partial charge in [0.1, 0.15) is 10.3 Å². The average Bonchev–Trinajstić information content (AvgIpc) is 3.20. The van der Waals surface area contributed by atoms with Crippen LogP contribution in [0.1, 0.15) is 24.5 Å². The van der Waals surface area contributed by atoms with Gasteiger partial charge in [-0.3, -0.25) is 4.79 Å². The van der Waals surface area contributed by atoms with Crippen molar-refractivity contribution in [3.05, 3.63) is 48.8 Å². The van der Waals surface area contributed by atoms with Gasteiger partial charge in [0.05, 0.1) is 15.7 Å². The smallest absolute Gasteiger partial charge is 0.265 e. The van der Waals surface area contributed by atoms with Crippen molar-refractivity contribution in [1.29, 1.82) is 0 Å². The number of hydrogen-bond acceptors (Lipinski definition) is 2. The number of H-pyrrole nitrogens is 1. The van der Waals surface area contributed by atoms with Crippen molar-refractivity contribution in [2.45, 2.75) is 18.8 Å². The van der Waals surface area contributed by atoms with Crippen LogP contribution in [0.5, 0.6) is 0 Å². The summed E-state index contributed by atoms with van der Waals surface area (Å²) < 4.78 is 0.527. The van der Waals surface area contributed by atoms with E-state index in [-0.39, 0.29) is 5.56 Å². The first kappa shape index (κ1) is 13.2. The van der Waals surface area contributed by atoms with E-state index in [1.807, 2.05) is 0 Å². The highest BCUT2D eigenvalue weighted by atomic mass is 79.9. The van der Waals surface area contributed by atoms with E-state index in [2.05, 4.69) is 25.9 Å². The maximum Gasteiger partial charge on any atom is 0.265 e. The fraction of sp³-hybridized carbons (Fsp3) is 0.231. The zero-order chi connectivity index (χ0) is 13.6. The van der Waals surface area contributed by atoms with E-state index in [9.17, 15) is 4.79 Å². The zero-order valence-electron chi connectivity index (χ0n) is 9.71. The first-order valence-electron chi connectivity index (χ1n) is 5.81. The highest BCUT2D eigenvalue weighted by Crippen LogP contribution is 2.41. The zero-order valence-corrected chi connectivity index (χ0v) is 12.8. The molecule has 98 valence electrons. The van der Waals surface area contributed by atoms with Crippen LogP contribution in [0.25, 0.3) is 11.4 Å². The van der Waals surface area contributed by atoms with Crippen molar-refractivity contribution in [2.24, 2.45) is 0 Å². The second-order valence-corrected chi connectivity index (χ2v) is 6.12. The Labute approximate surface area is 128 Å². The van der Waals surface area contributed by atoms with Crippen LogP contribution in [-0.4, -0.2) is 9.97 Å². The Kier molecular flexibility index (Phi) is 3.41. The molecule has 1 fully saturated rings. The lowest BCUT2D eigenvalue weighted by molar-refractivity contribution is 0.960. The summed E-state index contributed by atoms with van der Waals surface area (Å²) in [5.41, 5.74) is 1.41. The standard InChI is InChI=1S/C13H9BrCl2N2O/c14-10-11(6-1-2-6)17-12(18-13(10)19)7-3-4-8(15)9(16)5-7/h3-6H,1-2H2,(H,17,18,19). The van der Waals surface area contributed by atoms with Crippen molar-refractivity contribution < 1.29 is 0 Å². The molecule has 0 unspecified atom stereocenters. The summed E-state index contributed by atoms with van der Waals surface area (Å²) in [6, 6.07) is 5.18. The number of nitrogens with one attached hydrogen (secondary N) is 1. The lowest BCUT2D eigenvalue weighted by atomic mass is 10.2. The molecule has 19 heavy (non-hydrogen) atoms. The minimum Gasteiger partial charge on any atom is -0.306 e. The van der Waals surface area contributed by atoms with Gasteiger partial charge in [-0.2, -0.15) is 0 Å². The van der Waals surface area contributed by atoms with E-state index in [1.54, 1.807) is 18.2 Å². The molecule has 1 N–H and O–H groups in total. The summed E-state index contributed by atoms with van der Waals surface area (Å²) >= 11 is 15.2. The molecule has 0 atom stereocenters. The molecule has 0 bridgehead atoms. The molecule has 3 rings (SSSR count). The molecule has 1 saturated carbocycles. The third kappa shape index (κ3) is 2.57. The second kappa shape index (κ2) is 4.93. The molecular formula is C13H9BrCl2N2O. The SMILES string of the molecule is O=c1[nH]c(-c2ccc(Cl)c(Cl)c2)nc(C2CC2)c1Br. The third-order valence-electron chi connectivity index (χ3n) is 3.05. The Morgan fingerprint density at radius 2 is 2.00 bits per heavy atom. The number of benzene rings is 1. The summed E-state index contributed by atoms with van der Waals surface area (Å²) in [5, 5.41) is 0.921. The molecule has 0 saturated heterocycles. The van der Waals surface area contributed by atoms with Crippen LogP contribution < -0.4 is 5.56 Å². The number of rotatable bonds is 2. The number of aromatic nitrogens is 2. The van der Waals surface area contributed by atoms with E-state index in [0.717, 1.165) is 24.1 Å². The summed E-state index contributed by atoms with van der Waals surface area (Å²) in [6.45, 7) is 0. The van der Waals surface area contributed by atoms with Gasteiger partial charge >= 0.3 is 0 Å². The van der Waals surface area contributed by atoms with Gasteiger partial charge in [-0.15, -0.1) is 0 Å². The average molecular weight is 360 g/mol. The topological polar surface area (TPSA) is 45.8 Å². The van der Waals surface area contributed by atoms with E-state index < -0.39 is 0 Å². The van der Waals surface area contributed by atoms with Gasteiger partial charge < -0.3 is 4.98 Å². The predicted octanol–water partition coefficient (Wildman–Crippen LogP) is 4.38. The predicted molar refractivity (Wildman–Crippen MR) is 80.0 cm³/mol. The van der Waals surface area contributed by atoms with Crippen LogP contribution in [0.2, 0.25) is 10.0 Å². The molecular weight excluding hydrogens is 351 g/mol. The number of hydrogen-bond donors (Lipinski definition) is 1. The number of nitrogens with zero attached hydrogens (tertiary/aromatic N) is 1. The first-order valence-corrected chi connectivity index (χ1v) is 7.36. The van der Waals surface area contributed by atoms with Crippen LogP contribution in [-0.2, 0) is 0 Å². The van der Waals surface area contributed by atoms with Gasteiger partial charge in [-0.25, -0.2) is 4.98 Å². The summed E-state index contributed by atoms with van der Waals surface area (Å²) in [6.07, 6.45) is 2.16. The largest absolute Gasteiger partial charge is 0.306 e. The summed E-state index contributed by atoms with van der Waals surface area (Å²) in [7, 11) is 0. The Bertz CT molecular complexity index is 710. The van der Waals surface area contributed by atoms with Gasteiger partial charge in [-0.05, 0) is 47.0 Å². The molecule has 1 aromatic heterocycles. The van der Waals surface area contributed by atoms with Crippen molar-refractivity contribution in [2.75, 3.05) is 0 Å². The Morgan fingerprint density at radius 3 is 2.63 bits per heavy atom. The van der Waals surface area contributed by atoms with Gasteiger partial charge in [0, 0.05) is 11.5 Å². The van der Waals surface area contributed by atoms with Crippen molar-refractivity contribution in [1.82, 2.24) is 9.97 Å². The summed E-state index contributed by atoms with van der Waals surface area (Å²) in [4.78, 5) is 19.2. The van der Waals surface area contributed by atoms with Crippen LogP contribution in [0.3, 0.4) is 0 Å². The van der Waals surface area contributed by atoms with E-state index in [4.69, 9.17) is 23.2 Å². The highest BCUT2D eigenvalue weighted by molar-refractivity contribution is 9.10. The van der Waals surface area contributed by atoms with E-state index in [0.29, 0.717) is 26.3 Å². The Hall–Kier alpha value is -0.840.